The molecule has 0 saturated heterocycles. The number of pyridine rings is 1. The first-order valence-electron chi connectivity index (χ1n) is 8.42. The van der Waals surface area contributed by atoms with Gasteiger partial charge in [-0.1, -0.05) is 6.07 Å². The van der Waals surface area contributed by atoms with Crippen LogP contribution >= 0.6 is 0 Å². The van der Waals surface area contributed by atoms with Crippen molar-refractivity contribution in [2.24, 2.45) is 23.5 Å². The van der Waals surface area contributed by atoms with Gasteiger partial charge in [-0.25, -0.2) is 4.98 Å². The third-order valence-electron chi connectivity index (χ3n) is 6.33. The van der Waals surface area contributed by atoms with Crippen molar-refractivity contribution >= 4 is 5.65 Å². The molecule has 3 heteroatoms. The molecule has 3 nitrogen and oxygen atoms in total. The summed E-state index contributed by atoms with van der Waals surface area (Å²) in [5, 5.41) is 0. The van der Waals surface area contributed by atoms with Crippen LogP contribution in [0.4, 0.5) is 0 Å². The molecule has 21 heavy (non-hydrogen) atoms. The highest BCUT2D eigenvalue weighted by atomic mass is 15.0. The van der Waals surface area contributed by atoms with Crippen LogP contribution in [0.15, 0.2) is 24.5 Å². The van der Waals surface area contributed by atoms with Crippen LogP contribution in [-0.4, -0.2) is 9.38 Å². The number of aromatic nitrogens is 2. The van der Waals surface area contributed by atoms with Crippen molar-refractivity contribution in [3.63, 3.8) is 0 Å². The van der Waals surface area contributed by atoms with Gasteiger partial charge in [-0.15, -0.1) is 0 Å². The Labute approximate surface area is 125 Å². The van der Waals surface area contributed by atoms with Crippen molar-refractivity contribution in [2.75, 3.05) is 0 Å². The Kier molecular flexibility index (Phi) is 2.38. The maximum absolute atomic E-state index is 5.76. The summed E-state index contributed by atoms with van der Waals surface area (Å²) in [4.78, 5) is 5.00. The number of nitrogens with zero attached hydrogens (tertiary/aromatic N) is 2. The van der Waals surface area contributed by atoms with E-state index in [1.165, 1.54) is 49.8 Å². The van der Waals surface area contributed by atoms with Crippen LogP contribution in [0, 0.1) is 17.8 Å². The van der Waals surface area contributed by atoms with E-state index >= 15 is 0 Å². The topological polar surface area (TPSA) is 43.3 Å². The molecule has 4 aliphatic carbocycles. The lowest BCUT2D eigenvalue weighted by atomic mass is 9.49. The van der Waals surface area contributed by atoms with Gasteiger partial charge in [-0.2, -0.15) is 0 Å². The molecule has 2 aromatic rings. The zero-order valence-corrected chi connectivity index (χ0v) is 12.5. The summed E-state index contributed by atoms with van der Waals surface area (Å²) in [5.74, 6) is 2.92. The molecule has 2 heterocycles. The highest BCUT2D eigenvalue weighted by Gasteiger charge is 2.52. The van der Waals surface area contributed by atoms with Crippen molar-refractivity contribution in [2.45, 2.75) is 50.5 Å². The molecule has 0 atom stereocenters. The van der Waals surface area contributed by atoms with Gasteiger partial charge in [0.05, 0.1) is 5.69 Å². The van der Waals surface area contributed by atoms with Gasteiger partial charge in [-0.3, -0.25) is 0 Å². The Morgan fingerprint density at radius 1 is 1.05 bits per heavy atom. The number of hydrogen-bond acceptors (Lipinski definition) is 2. The Hall–Kier alpha value is -1.35. The lowest BCUT2D eigenvalue weighted by Crippen LogP contribution is -2.48. The highest BCUT2D eigenvalue weighted by Crippen LogP contribution is 2.60. The molecule has 110 valence electrons. The zero-order chi connectivity index (χ0) is 14.0. The third kappa shape index (κ3) is 1.73. The Morgan fingerprint density at radius 3 is 2.33 bits per heavy atom. The maximum atomic E-state index is 5.76. The second kappa shape index (κ2) is 4.10. The first-order chi connectivity index (χ1) is 10.2. The number of imidazole rings is 1. The summed E-state index contributed by atoms with van der Waals surface area (Å²) in [6.45, 7) is 0.598. The fraction of sp³-hybridized carbons (Fsp3) is 0.611. The van der Waals surface area contributed by atoms with E-state index in [9.17, 15) is 0 Å². The number of hydrogen-bond donors (Lipinski definition) is 1. The summed E-state index contributed by atoms with van der Waals surface area (Å²) in [7, 11) is 0. The number of fused-ring (bicyclic) bond motifs is 1. The Morgan fingerprint density at radius 2 is 1.71 bits per heavy atom. The van der Waals surface area contributed by atoms with E-state index < -0.39 is 0 Å². The minimum absolute atomic E-state index is 0.393. The summed E-state index contributed by atoms with van der Waals surface area (Å²) in [6, 6.07) is 4.22. The predicted octanol–water partition coefficient (Wildman–Crippen LogP) is 3.26. The second-order valence-electron chi connectivity index (χ2n) is 7.83. The summed E-state index contributed by atoms with van der Waals surface area (Å²) < 4.78 is 2.19. The molecule has 2 aromatic heterocycles. The molecule has 0 unspecified atom stereocenters. The van der Waals surface area contributed by atoms with Gasteiger partial charge in [0.25, 0.3) is 0 Å². The van der Waals surface area contributed by atoms with Gasteiger partial charge in [0.1, 0.15) is 5.65 Å². The molecule has 2 N–H and O–H groups in total. The lowest BCUT2D eigenvalue weighted by Gasteiger charge is -2.56. The molecular formula is C18H23N3. The van der Waals surface area contributed by atoms with Gasteiger partial charge < -0.3 is 10.1 Å². The Bertz CT molecular complexity index is 664. The normalized spacial score (nSPS) is 37.5. The van der Waals surface area contributed by atoms with Crippen molar-refractivity contribution in [3.05, 3.63) is 35.8 Å². The molecule has 0 aromatic carbocycles. The van der Waals surface area contributed by atoms with E-state index in [0.29, 0.717) is 12.0 Å². The molecule has 4 bridgehead atoms. The van der Waals surface area contributed by atoms with Crippen molar-refractivity contribution in [1.82, 2.24) is 9.38 Å². The number of nitrogens with two attached hydrogens (primary N) is 1. The molecule has 6 rings (SSSR count). The smallest absolute Gasteiger partial charge is 0.137 e. The average molecular weight is 281 g/mol. The van der Waals surface area contributed by atoms with Gasteiger partial charge in [-0.05, 0) is 67.9 Å². The fourth-order valence-corrected chi connectivity index (χ4v) is 5.84. The quantitative estimate of drug-likeness (QED) is 0.918. The van der Waals surface area contributed by atoms with Crippen LogP contribution in [0.5, 0.6) is 0 Å². The highest BCUT2D eigenvalue weighted by molar-refractivity contribution is 5.43. The summed E-state index contributed by atoms with van der Waals surface area (Å²) in [5.41, 5.74) is 9.77. The van der Waals surface area contributed by atoms with Crippen LogP contribution < -0.4 is 5.73 Å². The largest absolute Gasteiger partial charge is 0.326 e. The van der Waals surface area contributed by atoms with Gasteiger partial charge in [0.15, 0.2) is 0 Å². The number of rotatable bonds is 2. The first kappa shape index (κ1) is 12.2. The first-order valence-corrected chi connectivity index (χ1v) is 8.42. The van der Waals surface area contributed by atoms with Crippen molar-refractivity contribution in [3.8, 4) is 0 Å². The maximum Gasteiger partial charge on any atom is 0.137 e. The van der Waals surface area contributed by atoms with Gasteiger partial charge >= 0.3 is 0 Å². The van der Waals surface area contributed by atoms with E-state index in [4.69, 9.17) is 10.7 Å². The molecule has 0 amide bonds. The fourth-order valence-electron chi connectivity index (χ4n) is 5.84. The molecule has 4 fully saturated rings. The van der Waals surface area contributed by atoms with Crippen LogP contribution in [0.3, 0.4) is 0 Å². The molecule has 0 spiro atoms. The van der Waals surface area contributed by atoms with E-state index in [-0.39, 0.29) is 0 Å². The van der Waals surface area contributed by atoms with E-state index in [1.54, 1.807) is 0 Å². The zero-order valence-electron chi connectivity index (χ0n) is 12.5. The average Bonchev–Trinajstić information content (AvgIpc) is 2.89. The van der Waals surface area contributed by atoms with Crippen LogP contribution in [0.25, 0.3) is 5.65 Å². The monoisotopic (exact) mass is 281 g/mol. The van der Waals surface area contributed by atoms with E-state index in [2.05, 4.69) is 28.9 Å². The molecule has 4 saturated carbocycles. The minimum atomic E-state index is 0.393. The molecule has 0 radical (unpaired) electrons. The van der Waals surface area contributed by atoms with Crippen LogP contribution in [0.1, 0.15) is 49.8 Å². The van der Waals surface area contributed by atoms with Crippen LogP contribution in [-0.2, 0) is 12.0 Å². The molecule has 0 aliphatic heterocycles. The molecule has 4 aliphatic rings. The standard InChI is InChI=1S/C18H23N3/c19-9-12-1-2-17-20-16(11-21(17)10-12)18-6-13-3-14(7-18)5-15(4-13)8-18/h1-2,10-11,13-15H,3-9,19H2. The van der Waals surface area contributed by atoms with Crippen molar-refractivity contribution < 1.29 is 0 Å². The van der Waals surface area contributed by atoms with Gasteiger partial charge in [0, 0.05) is 24.4 Å². The Balaban J connectivity index is 1.60. The lowest BCUT2D eigenvalue weighted by molar-refractivity contribution is -0.00697. The van der Waals surface area contributed by atoms with Gasteiger partial charge in [0.2, 0.25) is 0 Å². The third-order valence-corrected chi connectivity index (χ3v) is 6.33. The summed E-state index contributed by atoms with van der Waals surface area (Å²) in [6.07, 6.45) is 13.1. The SMILES string of the molecule is NCc1ccc2nc(C34CC5CC(CC(C5)C3)C4)cn2c1. The van der Waals surface area contributed by atoms with Crippen molar-refractivity contribution in [1.29, 1.82) is 0 Å². The second-order valence-corrected chi connectivity index (χ2v) is 7.83. The van der Waals surface area contributed by atoms with E-state index in [1.807, 2.05) is 0 Å². The predicted molar refractivity (Wildman–Crippen MR) is 82.9 cm³/mol. The van der Waals surface area contributed by atoms with Crippen LogP contribution in [0.2, 0.25) is 0 Å². The summed E-state index contributed by atoms with van der Waals surface area (Å²) >= 11 is 0. The minimum Gasteiger partial charge on any atom is -0.326 e. The van der Waals surface area contributed by atoms with E-state index in [0.717, 1.165) is 23.4 Å². The molecular weight excluding hydrogens is 258 g/mol.